The molecule has 0 aromatic heterocycles. The Kier molecular flexibility index (Phi) is 7.53. The lowest BCUT2D eigenvalue weighted by Crippen LogP contribution is -2.68. The van der Waals surface area contributed by atoms with Gasteiger partial charge >= 0.3 is 0 Å². The van der Waals surface area contributed by atoms with Crippen LogP contribution in [0.4, 0.5) is 0 Å². The molecule has 0 heterocycles. The van der Waals surface area contributed by atoms with Crippen molar-refractivity contribution in [1.29, 1.82) is 0 Å². The highest BCUT2D eigenvalue weighted by molar-refractivity contribution is 14.0. The minimum atomic E-state index is 0. The first-order valence-electron chi connectivity index (χ1n) is 7.34. The van der Waals surface area contributed by atoms with E-state index in [1.54, 1.807) is 7.11 Å². The lowest BCUT2D eigenvalue weighted by Gasteiger charge is -2.61. The fourth-order valence-corrected chi connectivity index (χ4v) is 3.27. The summed E-state index contributed by atoms with van der Waals surface area (Å²) >= 11 is 0. The quantitative estimate of drug-likeness (QED) is 0.311. The van der Waals surface area contributed by atoms with Crippen LogP contribution in [0.15, 0.2) is 4.99 Å². The van der Waals surface area contributed by atoms with Crippen molar-refractivity contribution < 1.29 is 9.47 Å². The van der Waals surface area contributed by atoms with Crippen molar-refractivity contribution in [2.24, 2.45) is 10.4 Å². The Morgan fingerprint density at radius 1 is 1.40 bits per heavy atom. The van der Waals surface area contributed by atoms with Gasteiger partial charge in [-0.3, -0.25) is 4.99 Å². The highest BCUT2D eigenvalue weighted by atomic mass is 127. The normalized spacial score (nSPS) is 27.2. The van der Waals surface area contributed by atoms with Gasteiger partial charge in [-0.05, 0) is 26.2 Å². The van der Waals surface area contributed by atoms with E-state index in [0.29, 0.717) is 24.2 Å². The van der Waals surface area contributed by atoms with Crippen LogP contribution in [-0.2, 0) is 9.47 Å². The van der Waals surface area contributed by atoms with E-state index in [1.807, 2.05) is 7.05 Å². The van der Waals surface area contributed by atoms with Gasteiger partial charge in [0.2, 0.25) is 0 Å². The van der Waals surface area contributed by atoms with Crippen LogP contribution >= 0.6 is 24.0 Å². The Bertz CT molecular complexity index is 322. The molecule has 0 amide bonds. The van der Waals surface area contributed by atoms with Crippen LogP contribution in [0.5, 0.6) is 0 Å². The molecule has 2 saturated carbocycles. The van der Waals surface area contributed by atoms with Gasteiger partial charge in [0.1, 0.15) is 0 Å². The summed E-state index contributed by atoms with van der Waals surface area (Å²) < 4.78 is 10.9. The van der Waals surface area contributed by atoms with Crippen LogP contribution < -0.4 is 10.6 Å². The van der Waals surface area contributed by atoms with E-state index < -0.39 is 0 Å². The van der Waals surface area contributed by atoms with E-state index in [-0.39, 0.29) is 24.0 Å². The number of aliphatic imine (C=N–C) groups is 1. The first-order valence-corrected chi connectivity index (χ1v) is 7.34. The molecule has 2 aliphatic rings. The van der Waals surface area contributed by atoms with Gasteiger partial charge in [-0.25, -0.2) is 0 Å². The number of rotatable bonds is 6. The molecule has 20 heavy (non-hydrogen) atoms. The Labute approximate surface area is 139 Å². The molecule has 0 aromatic rings. The maximum absolute atomic E-state index is 5.86. The van der Waals surface area contributed by atoms with Crippen molar-refractivity contribution in [1.82, 2.24) is 10.6 Å². The topological polar surface area (TPSA) is 54.9 Å². The molecule has 0 aliphatic heterocycles. The number of ether oxygens (including phenoxy) is 2. The summed E-state index contributed by atoms with van der Waals surface area (Å²) in [5, 5.41) is 6.82. The third-order valence-corrected chi connectivity index (χ3v) is 4.57. The van der Waals surface area contributed by atoms with Gasteiger partial charge in [0.25, 0.3) is 0 Å². The van der Waals surface area contributed by atoms with Gasteiger partial charge in [0, 0.05) is 38.8 Å². The Balaban J connectivity index is 0.00000200. The molecule has 2 rings (SSSR count). The van der Waals surface area contributed by atoms with Gasteiger partial charge < -0.3 is 20.1 Å². The highest BCUT2D eigenvalue weighted by Crippen LogP contribution is 2.57. The van der Waals surface area contributed by atoms with E-state index in [4.69, 9.17) is 9.47 Å². The van der Waals surface area contributed by atoms with E-state index in [9.17, 15) is 0 Å². The number of nitrogens with zero attached hydrogens (tertiary/aromatic N) is 1. The summed E-state index contributed by atoms with van der Waals surface area (Å²) in [5.41, 5.74) is 0.370. The number of guanidine groups is 1. The van der Waals surface area contributed by atoms with Crippen LogP contribution in [0.2, 0.25) is 0 Å². The van der Waals surface area contributed by atoms with Crippen LogP contribution in [0.25, 0.3) is 0 Å². The van der Waals surface area contributed by atoms with Gasteiger partial charge in [-0.15, -0.1) is 24.0 Å². The van der Waals surface area contributed by atoms with Crippen molar-refractivity contribution in [2.45, 2.75) is 44.8 Å². The van der Waals surface area contributed by atoms with Crippen molar-refractivity contribution in [3.8, 4) is 0 Å². The zero-order valence-electron chi connectivity index (χ0n) is 12.8. The molecule has 2 atom stereocenters. The Morgan fingerprint density at radius 2 is 2.15 bits per heavy atom. The third kappa shape index (κ3) is 3.57. The number of hydrogen-bond donors (Lipinski definition) is 2. The van der Waals surface area contributed by atoms with E-state index in [0.717, 1.165) is 25.5 Å². The second-order valence-corrected chi connectivity index (χ2v) is 5.46. The van der Waals surface area contributed by atoms with Gasteiger partial charge in [0.05, 0.1) is 12.7 Å². The van der Waals surface area contributed by atoms with Gasteiger partial charge in [-0.2, -0.15) is 0 Å². The first-order chi connectivity index (χ1) is 9.26. The smallest absolute Gasteiger partial charge is 0.191 e. The predicted octanol–water partition coefficient (Wildman–Crippen LogP) is 1.76. The summed E-state index contributed by atoms with van der Waals surface area (Å²) in [4.78, 5) is 4.27. The minimum Gasteiger partial charge on any atom is -0.383 e. The summed E-state index contributed by atoms with van der Waals surface area (Å²) in [5.74, 6) is 0.878. The maximum Gasteiger partial charge on any atom is 0.191 e. The Morgan fingerprint density at radius 3 is 2.65 bits per heavy atom. The Hall–Kier alpha value is -0.0800. The minimum absolute atomic E-state index is 0. The van der Waals surface area contributed by atoms with Crippen molar-refractivity contribution in [2.75, 3.05) is 33.9 Å². The fraction of sp³-hybridized carbons (Fsp3) is 0.929. The summed E-state index contributed by atoms with van der Waals surface area (Å²) in [7, 11) is 3.52. The van der Waals surface area contributed by atoms with Crippen molar-refractivity contribution in [3.63, 3.8) is 0 Å². The molecule has 5 nitrogen and oxygen atoms in total. The zero-order chi connectivity index (χ0) is 13.7. The average Bonchev–Trinajstić information content (AvgIpc) is 2.33. The fourth-order valence-electron chi connectivity index (χ4n) is 3.27. The second-order valence-electron chi connectivity index (χ2n) is 5.46. The number of nitrogens with one attached hydrogen (secondary N) is 2. The number of hydrogen-bond acceptors (Lipinski definition) is 3. The summed E-state index contributed by atoms with van der Waals surface area (Å²) in [6, 6.07) is 0.506. The number of methoxy groups -OCH3 is 1. The van der Waals surface area contributed by atoms with Crippen molar-refractivity contribution >= 4 is 29.9 Å². The molecule has 0 radical (unpaired) electrons. The van der Waals surface area contributed by atoms with E-state index in [1.165, 1.54) is 19.3 Å². The third-order valence-electron chi connectivity index (χ3n) is 4.57. The molecule has 2 aliphatic carbocycles. The molecule has 6 heteroatoms. The molecule has 0 bridgehead atoms. The largest absolute Gasteiger partial charge is 0.383 e. The predicted molar refractivity (Wildman–Crippen MR) is 91.9 cm³/mol. The molecule has 0 aromatic carbocycles. The molecule has 1 spiro atoms. The highest BCUT2D eigenvalue weighted by Gasteiger charge is 2.59. The van der Waals surface area contributed by atoms with Gasteiger partial charge in [-0.1, -0.05) is 6.42 Å². The van der Waals surface area contributed by atoms with Crippen molar-refractivity contribution in [3.05, 3.63) is 0 Å². The van der Waals surface area contributed by atoms with Gasteiger partial charge in [0.15, 0.2) is 5.96 Å². The van der Waals surface area contributed by atoms with E-state index >= 15 is 0 Å². The van der Waals surface area contributed by atoms with E-state index in [2.05, 4.69) is 22.5 Å². The standard InChI is InChI=1S/C14H27N3O2.HI/c1-4-19-12-10-11(14(12)6-5-7-14)17-13(15-2)16-8-9-18-3;/h11-12H,4-10H2,1-3H3,(H2,15,16,17);1H. The SMILES string of the molecule is CCOC1CC(NC(=NC)NCCOC)C12CCC2.I. The lowest BCUT2D eigenvalue weighted by molar-refractivity contribution is -0.168. The molecule has 2 N–H and O–H groups in total. The molecule has 2 fully saturated rings. The zero-order valence-corrected chi connectivity index (χ0v) is 15.1. The summed E-state index contributed by atoms with van der Waals surface area (Å²) in [6.07, 6.45) is 5.44. The average molecular weight is 397 g/mol. The molecular formula is C14H28IN3O2. The molecule has 2 unspecified atom stereocenters. The number of halogens is 1. The molecular weight excluding hydrogens is 369 g/mol. The first kappa shape index (κ1) is 18.0. The van der Waals surface area contributed by atoms with Crippen LogP contribution in [0.1, 0.15) is 32.6 Å². The van der Waals surface area contributed by atoms with Crippen LogP contribution in [0, 0.1) is 5.41 Å². The lowest BCUT2D eigenvalue weighted by atomic mass is 9.51. The van der Waals surface area contributed by atoms with Crippen LogP contribution in [0.3, 0.4) is 0 Å². The second kappa shape index (κ2) is 8.38. The molecule has 0 saturated heterocycles. The maximum atomic E-state index is 5.86. The summed E-state index contributed by atoms with van der Waals surface area (Å²) in [6.45, 7) is 4.38. The monoisotopic (exact) mass is 397 g/mol. The van der Waals surface area contributed by atoms with Crippen LogP contribution in [-0.4, -0.2) is 52.0 Å². The molecule has 118 valence electrons.